The van der Waals surface area contributed by atoms with E-state index in [9.17, 15) is 14.2 Å². The van der Waals surface area contributed by atoms with Crippen molar-refractivity contribution in [3.63, 3.8) is 0 Å². The number of hydrogen-bond donors (Lipinski definition) is 2. The molecule has 1 aromatic rings. The Bertz CT molecular complexity index is 711. The smallest absolute Gasteiger partial charge is 0.408 e. The van der Waals surface area contributed by atoms with Gasteiger partial charge >= 0.3 is 12.1 Å². The van der Waals surface area contributed by atoms with E-state index in [1.54, 1.807) is 0 Å². The minimum atomic E-state index is -3.66. The Morgan fingerprint density at radius 1 is 1.00 bits per heavy atom. The van der Waals surface area contributed by atoms with Crippen LogP contribution in [-0.2, 0) is 30.0 Å². The molecular formula is C21H35N2O6P. The Morgan fingerprint density at radius 3 is 2.10 bits per heavy atom. The summed E-state index contributed by atoms with van der Waals surface area (Å²) in [7, 11) is -1.08. The van der Waals surface area contributed by atoms with Crippen molar-refractivity contribution in [1.29, 1.82) is 0 Å². The van der Waals surface area contributed by atoms with Gasteiger partial charge in [0.15, 0.2) is 0 Å². The Kier molecular flexibility index (Phi) is 11.1. The van der Waals surface area contributed by atoms with Gasteiger partial charge in [-0.05, 0) is 30.2 Å². The number of benzene rings is 1. The zero-order chi connectivity index (χ0) is 22.7. The lowest BCUT2D eigenvalue weighted by molar-refractivity contribution is -0.143. The maximum Gasteiger partial charge on any atom is 0.408 e. The Morgan fingerprint density at radius 2 is 1.60 bits per heavy atom. The molecule has 0 heterocycles. The molecule has 0 spiro atoms. The standard InChI is InChI=1S/C21H35N2O6P/c1-15(2)12-18(20(24)27-5)23-30(26,28-6)19(13-16(3)4)22-21(25)29-14-17-10-8-7-9-11-17/h7-11,15-16,18-19H,12-14H2,1-6H3,(H,22,25)(H,23,26)/t18-,19?,30?/m0/s1. The number of nitrogens with one attached hydrogen (secondary N) is 2. The number of rotatable bonds is 12. The highest BCUT2D eigenvalue weighted by Gasteiger charge is 2.39. The first-order chi connectivity index (χ1) is 14.1. The third-order valence-corrected chi connectivity index (χ3v) is 6.78. The third kappa shape index (κ3) is 8.86. The molecule has 0 saturated carbocycles. The average molecular weight is 442 g/mol. The number of methoxy groups -OCH3 is 1. The third-order valence-electron chi connectivity index (χ3n) is 4.40. The zero-order valence-corrected chi connectivity index (χ0v) is 19.6. The van der Waals surface area contributed by atoms with Crippen LogP contribution in [0.1, 0.15) is 46.1 Å². The van der Waals surface area contributed by atoms with Crippen LogP contribution in [0.25, 0.3) is 0 Å². The molecule has 8 nitrogen and oxygen atoms in total. The van der Waals surface area contributed by atoms with E-state index in [1.165, 1.54) is 14.2 Å². The largest absolute Gasteiger partial charge is 0.468 e. The van der Waals surface area contributed by atoms with Gasteiger partial charge in [-0.3, -0.25) is 9.36 Å². The molecule has 0 radical (unpaired) electrons. The summed E-state index contributed by atoms with van der Waals surface area (Å²) in [6.45, 7) is 7.86. The molecule has 30 heavy (non-hydrogen) atoms. The molecule has 2 unspecified atom stereocenters. The highest BCUT2D eigenvalue weighted by Crippen LogP contribution is 2.49. The summed E-state index contributed by atoms with van der Waals surface area (Å²) in [6, 6.07) is 8.43. The van der Waals surface area contributed by atoms with Crippen molar-refractivity contribution < 1.29 is 28.2 Å². The molecule has 0 bridgehead atoms. The van der Waals surface area contributed by atoms with Crippen molar-refractivity contribution >= 4 is 19.6 Å². The van der Waals surface area contributed by atoms with Crippen LogP contribution in [0.4, 0.5) is 4.79 Å². The number of esters is 1. The summed E-state index contributed by atoms with van der Waals surface area (Å²) in [5.74, 6) is -1.14. The van der Waals surface area contributed by atoms with Gasteiger partial charge in [-0.25, -0.2) is 9.88 Å². The van der Waals surface area contributed by atoms with Gasteiger partial charge in [-0.1, -0.05) is 58.0 Å². The van der Waals surface area contributed by atoms with Gasteiger partial charge < -0.3 is 19.3 Å². The monoisotopic (exact) mass is 442 g/mol. The fourth-order valence-corrected chi connectivity index (χ4v) is 5.09. The first kappa shape index (κ1) is 26.1. The van der Waals surface area contributed by atoms with Crippen LogP contribution >= 0.6 is 7.52 Å². The van der Waals surface area contributed by atoms with E-state index in [1.807, 2.05) is 58.0 Å². The fraction of sp³-hybridized carbons (Fsp3) is 0.619. The van der Waals surface area contributed by atoms with Gasteiger partial charge in [0, 0.05) is 7.11 Å². The summed E-state index contributed by atoms with van der Waals surface area (Å²) < 4.78 is 29.1. The van der Waals surface area contributed by atoms with Gasteiger partial charge in [-0.2, -0.15) is 0 Å². The van der Waals surface area contributed by atoms with Gasteiger partial charge in [0.05, 0.1) is 7.11 Å². The Labute approximate surface area is 179 Å². The fourth-order valence-electron chi connectivity index (χ4n) is 2.93. The predicted molar refractivity (Wildman–Crippen MR) is 116 cm³/mol. The molecule has 0 aliphatic rings. The maximum atomic E-state index is 13.6. The molecule has 1 aromatic carbocycles. The number of carbonyl (C=O) groups excluding carboxylic acids is 2. The number of carbonyl (C=O) groups is 2. The van der Waals surface area contributed by atoms with Crippen molar-refractivity contribution in [3.05, 3.63) is 35.9 Å². The molecule has 3 atom stereocenters. The van der Waals surface area contributed by atoms with Crippen molar-refractivity contribution in [3.8, 4) is 0 Å². The van der Waals surface area contributed by atoms with Crippen molar-refractivity contribution in [2.24, 2.45) is 11.8 Å². The topological polar surface area (TPSA) is 103 Å². The predicted octanol–water partition coefficient (Wildman–Crippen LogP) is 4.30. The lowest BCUT2D eigenvalue weighted by Gasteiger charge is -2.31. The summed E-state index contributed by atoms with van der Waals surface area (Å²) in [5.41, 5.74) is 0.837. The van der Waals surface area contributed by atoms with Crippen LogP contribution in [0, 0.1) is 11.8 Å². The number of amides is 1. The first-order valence-electron chi connectivity index (χ1n) is 10.1. The van der Waals surface area contributed by atoms with Crippen LogP contribution in [0.3, 0.4) is 0 Å². The molecular weight excluding hydrogens is 407 g/mol. The molecule has 0 aromatic heterocycles. The van der Waals surface area contributed by atoms with Crippen LogP contribution in [0.2, 0.25) is 0 Å². The summed E-state index contributed by atoms with van der Waals surface area (Å²) >= 11 is 0. The molecule has 170 valence electrons. The highest BCUT2D eigenvalue weighted by atomic mass is 31.2. The lowest BCUT2D eigenvalue weighted by atomic mass is 10.1. The number of alkyl carbamates (subject to hydrolysis) is 1. The molecule has 0 aliphatic carbocycles. The quantitative estimate of drug-likeness (QED) is 0.367. The molecule has 0 fully saturated rings. The first-order valence-corrected chi connectivity index (χ1v) is 11.8. The Hall–Kier alpha value is -1.89. The second-order valence-electron chi connectivity index (χ2n) is 7.97. The minimum absolute atomic E-state index is 0.0872. The average Bonchev–Trinajstić information content (AvgIpc) is 2.70. The molecule has 1 rings (SSSR count). The van der Waals surface area contributed by atoms with E-state index in [-0.39, 0.29) is 18.4 Å². The summed E-state index contributed by atoms with van der Waals surface area (Å²) in [5, 5.41) is 5.50. The Balaban J connectivity index is 2.95. The second-order valence-corrected chi connectivity index (χ2v) is 10.4. The van der Waals surface area contributed by atoms with Crippen molar-refractivity contribution in [1.82, 2.24) is 10.4 Å². The SMILES string of the molecule is COC(=O)[C@H](CC(C)C)NP(=O)(OC)C(CC(C)C)NC(=O)OCc1ccccc1. The molecule has 0 saturated heterocycles. The lowest BCUT2D eigenvalue weighted by Crippen LogP contribution is -2.44. The van der Waals surface area contributed by atoms with Crippen molar-refractivity contribution in [2.75, 3.05) is 14.2 Å². The summed E-state index contributed by atoms with van der Waals surface area (Å²) in [4.78, 5) is 24.6. The van der Waals surface area contributed by atoms with Crippen LogP contribution < -0.4 is 10.4 Å². The van der Waals surface area contributed by atoms with E-state index < -0.39 is 31.4 Å². The normalized spacial score (nSPS) is 15.3. The van der Waals surface area contributed by atoms with E-state index in [0.29, 0.717) is 12.8 Å². The maximum absolute atomic E-state index is 13.6. The van der Waals surface area contributed by atoms with Crippen LogP contribution in [-0.4, -0.2) is 38.1 Å². The molecule has 9 heteroatoms. The number of ether oxygens (including phenoxy) is 2. The van der Waals surface area contributed by atoms with Crippen molar-refractivity contribution in [2.45, 2.75) is 59.0 Å². The molecule has 2 N–H and O–H groups in total. The van der Waals surface area contributed by atoms with E-state index in [4.69, 9.17) is 14.0 Å². The van der Waals surface area contributed by atoms with Crippen LogP contribution in [0.5, 0.6) is 0 Å². The van der Waals surface area contributed by atoms with E-state index >= 15 is 0 Å². The second kappa shape index (κ2) is 12.7. The van der Waals surface area contributed by atoms with Crippen LogP contribution in [0.15, 0.2) is 30.3 Å². The zero-order valence-electron chi connectivity index (χ0n) is 18.7. The van der Waals surface area contributed by atoms with Gasteiger partial charge in [0.25, 0.3) is 7.52 Å². The number of hydrogen-bond acceptors (Lipinski definition) is 6. The summed E-state index contributed by atoms with van der Waals surface area (Å²) in [6.07, 6.45) is 0.0723. The van der Waals surface area contributed by atoms with E-state index in [2.05, 4.69) is 10.4 Å². The minimum Gasteiger partial charge on any atom is -0.468 e. The molecule has 0 aliphatic heterocycles. The van der Waals surface area contributed by atoms with Gasteiger partial charge in [0.1, 0.15) is 18.4 Å². The molecule has 1 amide bonds. The van der Waals surface area contributed by atoms with E-state index in [0.717, 1.165) is 5.56 Å². The highest BCUT2D eigenvalue weighted by molar-refractivity contribution is 7.57. The van der Waals surface area contributed by atoms with Gasteiger partial charge in [-0.15, -0.1) is 0 Å². The van der Waals surface area contributed by atoms with Gasteiger partial charge in [0.2, 0.25) is 0 Å².